The van der Waals surface area contributed by atoms with Crippen molar-refractivity contribution in [2.45, 2.75) is 40.2 Å². The molecule has 0 spiro atoms. The average molecular weight is 318 g/mol. The van der Waals surface area contributed by atoms with E-state index >= 15 is 0 Å². The van der Waals surface area contributed by atoms with Crippen LogP contribution in [0.15, 0.2) is 0 Å². The van der Waals surface area contributed by atoms with Gasteiger partial charge >= 0.3 is 0 Å². The van der Waals surface area contributed by atoms with Crippen LogP contribution in [0, 0.1) is 0 Å². The number of hydrogen-bond acceptors (Lipinski definition) is 6. The molecule has 20 heavy (non-hydrogen) atoms. The molecule has 0 radical (unpaired) electrons. The van der Waals surface area contributed by atoms with Gasteiger partial charge < -0.3 is 10.2 Å². The molecule has 0 saturated heterocycles. The average Bonchev–Trinajstić information content (AvgIpc) is 2.39. The van der Waals surface area contributed by atoms with E-state index in [0.717, 1.165) is 31.0 Å². The van der Waals surface area contributed by atoms with E-state index in [4.69, 9.17) is 11.6 Å². The fourth-order valence-electron chi connectivity index (χ4n) is 1.75. The molecule has 1 rings (SSSR count). The molecular formula is C13H24ClN5S. The number of halogens is 1. The zero-order chi connectivity index (χ0) is 15.0. The molecule has 0 aromatic carbocycles. The molecule has 5 nitrogen and oxygen atoms in total. The molecule has 1 heterocycles. The first-order valence-corrected chi connectivity index (χ1v) is 8.64. The van der Waals surface area contributed by atoms with Crippen molar-refractivity contribution >= 4 is 35.3 Å². The molecule has 1 unspecified atom stereocenters. The molecule has 1 aromatic heterocycles. The second kappa shape index (κ2) is 9.23. The Kier molecular flexibility index (Phi) is 7.99. The summed E-state index contributed by atoms with van der Waals surface area (Å²) in [6.07, 6.45) is 1.07. The Bertz CT molecular complexity index is 400. The van der Waals surface area contributed by atoms with E-state index in [0.29, 0.717) is 17.9 Å². The van der Waals surface area contributed by atoms with E-state index in [1.165, 1.54) is 0 Å². The van der Waals surface area contributed by atoms with E-state index in [-0.39, 0.29) is 5.28 Å². The Morgan fingerprint density at radius 3 is 2.50 bits per heavy atom. The molecule has 1 N–H and O–H groups in total. The van der Waals surface area contributed by atoms with Gasteiger partial charge in [-0.15, -0.1) is 0 Å². The van der Waals surface area contributed by atoms with Crippen LogP contribution in [0.5, 0.6) is 0 Å². The molecule has 7 heteroatoms. The van der Waals surface area contributed by atoms with Crippen molar-refractivity contribution in [3.63, 3.8) is 0 Å². The Balaban J connectivity index is 2.70. The van der Waals surface area contributed by atoms with Gasteiger partial charge in [-0.25, -0.2) is 0 Å². The van der Waals surface area contributed by atoms with Crippen LogP contribution in [0.1, 0.15) is 34.1 Å². The highest BCUT2D eigenvalue weighted by molar-refractivity contribution is 7.99. The van der Waals surface area contributed by atoms with Gasteiger partial charge in [0.15, 0.2) is 0 Å². The van der Waals surface area contributed by atoms with E-state index < -0.39 is 0 Å². The summed E-state index contributed by atoms with van der Waals surface area (Å²) in [6, 6.07) is 0.317. The van der Waals surface area contributed by atoms with Crippen molar-refractivity contribution in [2.75, 3.05) is 34.8 Å². The maximum atomic E-state index is 5.99. The van der Waals surface area contributed by atoms with Gasteiger partial charge in [-0.1, -0.05) is 6.92 Å². The van der Waals surface area contributed by atoms with Gasteiger partial charge in [0, 0.05) is 19.1 Å². The SMILES string of the molecule is CCSCCC(C)Nc1nc(Cl)nc(N(CC)CC)n1. The number of rotatable bonds is 9. The minimum absolute atomic E-state index is 0.236. The molecule has 1 aromatic rings. The normalized spacial score (nSPS) is 12.2. The lowest BCUT2D eigenvalue weighted by molar-refractivity contribution is 0.751. The van der Waals surface area contributed by atoms with Gasteiger partial charge in [0.05, 0.1) is 0 Å². The molecule has 0 saturated carbocycles. The molecule has 114 valence electrons. The third-order valence-electron chi connectivity index (χ3n) is 2.92. The van der Waals surface area contributed by atoms with Crippen molar-refractivity contribution in [3.05, 3.63) is 5.28 Å². The number of aromatic nitrogens is 3. The predicted octanol–water partition coefficient (Wildman–Crippen LogP) is 3.31. The second-order valence-electron chi connectivity index (χ2n) is 4.43. The zero-order valence-corrected chi connectivity index (χ0v) is 14.3. The van der Waals surface area contributed by atoms with E-state index in [1.54, 1.807) is 0 Å². The molecule has 1 atom stereocenters. The lowest BCUT2D eigenvalue weighted by Gasteiger charge is -2.20. The van der Waals surface area contributed by atoms with Crippen molar-refractivity contribution in [1.82, 2.24) is 15.0 Å². The van der Waals surface area contributed by atoms with Crippen molar-refractivity contribution in [3.8, 4) is 0 Å². The fourth-order valence-corrected chi connectivity index (χ4v) is 2.71. The summed E-state index contributed by atoms with van der Waals surface area (Å²) >= 11 is 7.92. The summed E-state index contributed by atoms with van der Waals surface area (Å²) in [5, 5.41) is 3.53. The summed E-state index contributed by atoms with van der Waals surface area (Å²) in [7, 11) is 0. The Labute approximate surface area is 130 Å². The largest absolute Gasteiger partial charge is 0.352 e. The van der Waals surface area contributed by atoms with E-state index in [1.807, 2.05) is 11.8 Å². The van der Waals surface area contributed by atoms with Crippen LogP contribution in [-0.2, 0) is 0 Å². The van der Waals surface area contributed by atoms with E-state index in [2.05, 4.69) is 52.9 Å². The zero-order valence-electron chi connectivity index (χ0n) is 12.7. The first kappa shape index (κ1) is 17.3. The Hall–Kier alpha value is -0.750. The first-order chi connectivity index (χ1) is 9.60. The third-order valence-corrected chi connectivity index (χ3v) is 4.02. The van der Waals surface area contributed by atoms with Gasteiger partial charge in [0.1, 0.15) is 0 Å². The van der Waals surface area contributed by atoms with Crippen LogP contribution in [0.3, 0.4) is 0 Å². The van der Waals surface area contributed by atoms with Crippen molar-refractivity contribution in [1.29, 1.82) is 0 Å². The lowest BCUT2D eigenvalue weighted by Crippen LogP contribution is -2.26. The van der Waals surface area contributed by atoms with Crippen LogP contribution < -0.4 is 10.2 Å². The fraction of sp³-hybridized carbons (Fsp3) is 0.769. The molecule has 0 aliphatic rings. The van der Waals surface area contributed by atoms with Crippen LogP contribution in [0.2, 0.25) is 5.28 Å². The number of hydrogen-bond donors (Lipinski definition) is 1. The first-order valence-electron chi connectivity index (χ1n) is 7.11. The summed E-state index contributed by atoms with van der Waals surface area (Å²) in [5.41, 5.74) is 0. The molecule has 0 aliphatic heterocycles. The summed E-state index contributed by atoms with van der Waals surface area (Å²) in [5.74, 6) is 3.47. The topological polar surface area (TPSA) is 53.9 Å². The summed E-state index contributed by atoms with van der Waals surface area (Å²) in [4.78, 5) is 14.8. The minimum atomic E-state index is 0.236. The molecule has 0 fully saturated rings. The Morgan fingerprint density at radius 2 is 1.90 bits per heavy atom. The highest BCUT2D eigenvalue weighted by Gasteiger charge is 2.11. The maximum Gasteiger partial charge on any atom is 0.231 e. The lowest BCUT2D eigenvalue weighted by atomic mass is 10.3. The van der Waals surface area contributed by atoms with E-state index in [9.17, 15) is 0 Å². The van der Waals surface area contributed by atoms with Crippen LogP contribution in [0.4, 0.5) is 11.9 Å². The second-order valence-corrected chi connectivity index (χ2v) is 6.16. The minimum Gasteiger partial charge on any atom is -0.352 e. The monoisotopic (exact) mass is 317 g/mol. The predicted molar refractivity (Wildman–Crippen MR) is 89.1 cm³/mol. The van der Waals surface area contributed by atoms with Crippen LogP contribution >= 0.6 is 23.4 Å². The smallest absolute Gasteiger partial charge is 0.231 e. The molecule has 0 aliphatic carbocycles. The highest BCUT2D eigenvalue weighted by atomic mass is 35.5. The number of thioether (sulfide) groups is 1. The number of nitrogens with one attached hydrogen (secondary N) is 1. The van der Waals surface area contributed by atoms with Gasteiger partial charge in [-0.3, -0.25) is 0 Å². The van der Waals surface area contributed by atoms with Gasteiger partial charge in [-0.2, -0.15) is 26.7 Å². The summed E-state index contributed by atoms with van der Waals surface area (Å²) < 4.78 is 0. The molecular weight excluding hydrogens is 294 g/mol. The Morgan fingerprint density at radius 1 is 1.20 bits per heavy atom. The third kappa shape index (κ3) is 5.71. The van der Waals surface area contributed by atoms with Crippen molar-refractivity contribution in [2.24, 2.45) is 0 Å². The van der Waals surface area contributed by atoms with Gasteiger partial charge in [0.2, 0.25) is 17.2 Å². The van der Waals surface area contributed by atoms with Crippen LogP contribution in [0.25, 0.3) is 0 Å². The highest BCUT2D eigenvalue weighted by Crippen LogP contribution is 2.15. The van der Waals surface area contributed by atoms with Crippen LogP contribution in [-0.4, -0.2) is 45.6 Å². The standard InChI is InChI=1S/C13H24ClN5S/c1-5-19(6-2)13-17-11(14)16-12(18-13)15-10(4)8-9-20-7-3/h10H,5-9H2,1-4H3,(H,15,16,17,18). The maximum absolute atomic E-state index is 5.99. The quantitative estimate of drug-likeness (QED) is 0.705. The number of anilines is 2. The van der Waals surface area contributed by atoms with Crippen molar-refractivity contribution < 1.29 is 0 Å². The summed E-state index contributed by atoms with van der Waals surface area (Å²) in [6.45, 7) is 10.1. The molecule has 0 amide bonds. The van der Waals surface area contributed by atoms with Gasteiger partial charge in [0.25, 0.3) is 0 Å². The number of nitrogens with zero attached hydrogens (tertiary/aromatic N) is 4. The van der Waals surface area contributed by atoms with Gasteiger partial charge in [-0.05, 0) is 50.3 Å². The molecule has 0 bridgehead atoms.